The predicted octanol–water partition coefficient (Wildman–Crippen LogP) is 8.54. The minimum absolute atomic E-state index is 0.102. The summed E-state index contributed by atoms with van der Waals surface area (Å²) < 4.78 is 40.9. The molecule has 0 spiro atoms. The van der Waals surface area contributed by atoms with Crippen LogP contribution in [0.2, 0.25) is 0 Å². The number of likely N-dealkylation sites (N-methyl/N-ethyl adjacent to an activating group) is 3. The van der Waals surface area contributed by atoms with Gasteiger partial charge in [0, 0.05) is 128 Å². The summed E-state index contributed by atoms with van der Waals surface area (Å²) in [6.45, 7) is 15.9. The van der Waals surface area contributed by atoms with E-state index in [-0.39, 0.29) is 84.8 Å². The lowest BCUT2D eigenvalue weighted by molar-refractivity contribution is -0.133. The zero-order valence-electron chi connectivity index (χ0n) is 60.6. The van der Waals surface area contributed by atoms with E-state index in [1.54, 1.807) is 99.3 Å². The van der Waals surface area contributed by atoms with Gasteiger partial charge in [0.05, 0.1) is 51.5 Å². The Balaban J connectivity index is 0.000000240. The number of rotatable bonds is 24. The molecule has 25 nitrogen and oxygen atoms in total. The van der Waals surface area contributed by atoms with Crippen molar-refractivity contribution in [1.29, 1.82) is 0 Å². The summed E-state index contributed by atoms with van der Waals surface area (Å²) in [6, 6.07) is 10.8. The van der Waals surface area contributed by atoms with Crippen LogP contribution in [-0.2, 0) is 43.2 Å². The summed E-state index contributed by atoms with van der Waals surface area (Å²) in [5, 5.41) is 27.1. The van der Waals surface area contributed by atoms with Crippen LogP contribution in [0.15, 0.2) is 73.2 Å². The van der Waals surface area contributed by atoms with Crippen molar-refractivity contribution in [1.82, 2.24) is 46.0 Å². The number of aliphatic carboxylic acids is 1. The van der Waals surface area contributed by atoms with E-state index in [9.17, 15) is 70.7 Å². The second-order valence-electron chi connectivity index (χ2n) is 24.4. The van der Waals surface area contributed by atoms with Gasteiger partial charge in [-0.25, -0.2) is 18.0 Å². The number of carbonyl (C=O) groups excluding carboxylic acids is 11. The molecule has 9 rings (SSSR count). The number of aromatic nitrogens is 3. The van der Waals surface area contributed by atoms with Crippen molar-refractivity contribution in [2.45, 2.75) is 119 Å². The highest BCUT2D eigenvalue weighted by atomic mass is 19.1. The standard InChI is InChI=1S/2C26H27FN4O4.C22H25FN4O3.C4H4O2/c2*1-5-7-24(33)31(4)16(3)23(32)8-6-11-28-25(34)20-14-29-22(15(20)2)13-19-18-12-17(27)9-10-21(18)30-26(19)35;1-12-17(21(29)25-8-4-5-20(28)13(2)24-3)11-26-19(12)10-16-15-9-14(23)6-7-18(15)27-22(16)30;1-2-3-4(5)6/h2*9-10,12-14,16,29H,6,8,11H2,1-4H3,(H,28,34)(H,30,35);6-7,9-11,13,24,26H,4-5,8H2,1-3H3,(H,25,29)(H,27,30);1H3,(H,5,6)/b2*19-13-;16-10-;/t2*16-;13-;/m000./s1. The van der Waals surface area contributed by atoms with Crippen molar-refractivity contribution >= 4 is 123 Å². The zero-order chi connectivity index (χ0) is 78.2. The van der Waals surface area contributed by atoms with E-state index >= 15 is 0 Å². The fourth-order valence-corrected chi connectivity index (χ4v) is 10.8. The van der Waals surface area contributed by atoms with Crippen LogP contribution in [0.4, 0.5) is 30.2 Å². The van der Waals surface area contributed by atoms with E-state index in [2.05, 4.69) is 81.8 Å². The number of nitrogens with zero attached hydrogens (tertiary/aromatic N) is 2. The van der Waals surface area contributed by atoms with Crippen molar-refractivity contribution in [2.75, 3.05) is 56.7 Å². The molecule has 0 fully saturated rings. The summed E-state index contributed by atoms with van der Waals surface area (Å²) in [5.41, 5.74) is 8.88. The molecule has 0 saturated carbocycles. The maximum atomic E-state index is 13.7. The van der Waals surface area contributed by atoms with E-state index < -0.39 is 47.3 Å². The highest BCUT2D eigenvalue weighted by Gasteiger charge is 2.30. The van der Waals surface area contributed by atoms with Gasteiger partial charge >= 0.3 is 5.97 Å². The SMILES string of the molecule is CC#CC(=O)N(C)[C@@H](C)C(=O)CCCNC(=O)c1c[nH]c(/C=C2\C(=O)Nc3ccc(F)cc32)c1C.CC#CC(=O)N(C)[C@@H](C)C(=O)CCCNC(=O)c1c[nH]c(/C=C2\C(=O)Nc3ccc(F)cc32)c1C.CC#CC(=O)O.CN[C@@H](C)C(=O)CCCNC(=O)c1c[nH]c(/C=C2\C(=O)Nc3ccc(F)cc32)c1C. The summed E-state index contributed by atoms with van der Waals surface area (Å²) in [5.74, 6) is 8.64. The number of H-pyrrole nitrogens is 3. The third-order valence-corrected chi connectivity index (χ3v) is 17.4. The van der Waals surface area contributed by atoms with Gasteiger partial charge in [-0.15, -0.1) is 0 Å². The Kier molecular flexibility index (Phi) is 30.0. The second kappa shape index (κ2) is 38.6. The minimum atomic E-state index is -1.07. The highest BCUT2D eigenvalue weighted by Crippen LogP contribution is 2.37. The van der Waals surface area contributed by atoms with Crippen molar-refractivity contribution in [2.24, 2.45) is 0 Å². The number of hydrogen-bond donors (Lipinski definition) is 11. The maximum Gasteiger partial charge on any atom is 0.381 e. The molecule has 11 N–H and O–H groups in total. The van der Waals surface area contributed by atoms with E-state index in [1.807, 2.05) is 5.92 Å². The number of hydrogen-bond acceptors (Lipinski definition) is 13. The lowest BCUT2D eigenvalue weighted by atomic mass is 10.0. The van der Waals surface area contributed by atoms with Crippen molar-refractivity contribution in [3.63, 3.8) is 0 Å². The van der Waals surface area contributed by atoms with Gasteiger partial charge in [-0.1, -0.05) is 17.8 Å². The Morgan fingerprint density at radius 1 is 0.481 bits per heavy atom. The molecule has 3 aliphatic heterocycles. The monoisotopic (exact) mass is 1450 g/mol. The fraction of sp³-hybridized carbons (Fsp3) is 0.308. The van der Waals surface area contributed by atoms with Gasteiger partial charge in [-0.05, 0) is 190 Å². The number of ketones is 3. The molecular weight excluding hydrogens is 1370 g/mol. The number of amides is 8. The van der Waals surface area contributed by atoms with Crippen LogP contribution in [-0.4, -0.2) is 159 Å². The summed E-state index contributed by atoms with van der Waals surface area (Å²) in [7, 11) is 4.79. The first-order valence-electron chi connectivity index (χ1n) is 33.5. The topological polar surface area (TPSA) is 363 Å². The van der Waals surface area contributed by atoms with Crippen LogP contribution >= 0.6 is 0 Å². The average molecular weight is 1450 g/mol. The van der Waals surface area contributed by atoms with E-state index in [0.29, 0.717) is 133 Å². The Labute approximate surface area is 610 Å². The number of carboxylic acid groups (broad SMARTS) is 1. The quantitative estimate of drug-likeness (QED) is 0.0154. The molecule has 3 aromatic carbocycles. The van der Waals surface area contributed by atoms with Crippen molar-refractivity contribution in [3.05, 3.63) is 158 Å². The number of nitrogens with one attached hydrogen (secondary N) is 10. The highest BCUT2D eigenvalue weighted by molar-refractivity contribution is 6.36. The largest absolute Gasteiger partial charge is 0.472 e. The molecular formula is C78H83F3N12O13. The number of halogens is 3. The Morgan fingerprint density at radius 2 is 0.774 bits per heavy atom. The molecule has 0 radical (unpaired) electrons. The van der Waals surface area contributed by atoms with Gasteiger partial charge in [-0.3, -0.25) is 52.7 Å². The van der Waals surface area contributed by atoms with Gasteiger partial charge in [0.15, 0.2) is 11.6 Å². The summed E-state index contributed by atoms with van der Waals surface area (Å²) >= 11 is 0. The first-order valence-corrected chi connectivity index (χ1v) is 33.5. The van der Waals surface area contributed by atoms with Gasteiger partial charge < -0.3 is 67.1 Å². The van der Waals surface area contributed by atoms with Crippen molar-refractivity contribution in [3.8, 4) is 35.5 Å². The Morgan fingerprint density at radius 3 is 1.04 bits per heavy atom. The third kappa shape index (κ3) is 21.7. The first kappa shape index (κ1) is 82.3. The van der Waals surface area contributed by atoms with E-state index in [0.717, 1.165) is 0 Å². The number of Topliss-reactive ketones (excluding diaryl/α,β-unsaturated/α-hetero) is 3. The molecule has 3 aromatic heterocycles. The fourth-order valence-electron chi connectivity index (χ4n) is 10.8. The van der Waals surface area contributed by atoms with Crippen LogP contribution in [0.3, 0.4) is 0 Å². The molecule has 6 aromatic rings. The molecule has 0 unspecified atom stereocenters. The maximum absolute atomic E-state index is 13.7. The van der Waals surface area contributed by atoms with Gasteiger partial charge in [0.2, 0.25) is 0 Å². The van der Waals surface area contributed by atoms with Crippen LogP contribution in [0.1, 0.15) is 162 Å². The molecule has 106 heavy (non-hydrogen) atoms. The number of carbonyl (C=O) groups is 12. The molecule has 0 aliphatic carbocycles. The molecule has 554 valence electrons. The minimum Gasteiger partial charge on any atom is -0.472 e. The number of fused-ring (bicyclic) bond motifs is 3. The molecule has 0 bridgehead atoms. The van der Waals surface area contributed by atoms with Gasteiger partial charge in [-0.2, -0.15) is 0 Å². The Hall–Kier alpha value is -12.6. The normalized spacial score (nSPS) is 13.8. The number of benzene rings is 3. The number of aromatic amines is 3. The van der Waals surface area contributed by atoms with Gasteiger partial charge in [0.25, 0.3) is 47.3 Å². The van der Waals surface area contributed by atoms with Crippen LogP contribution < -0.4 is 37.2 Å². The van der Waals surface area contributed by atoms with E-state index in [4.69, 9.17) is 5.11 Å². The molecule has 0 saturated heterocycles. The van der Waals surface area contributed by atoms with Crippen LogP contribution in [0.25, 0.3) is 34.9 Å². The zero-order valence-corrected chi connectivity index (χ0v) is 60.6. The number of carboxylic acids is 1. The Bertz CT molecular complexity index is 4550. The predicted molar refractivity (Wildman–Crippen MR) is 396 cm³/mol. The van der Waals surface area contributed by atoms with Gasteiger partial charge in [0.1, 0.15) is 23.2 Å². The second-order valence-corrected chi connectivity index (χ2v) is 24.4. The molecule has 3 aliphatic rings. The molecule has 28 heteroatoms. The lowest BCUT2D eigenvalue weighted by Crippen LogP contribution is -2.40. The van der Waals surface area contributed by atoms with E-state index in [1.165, 1.54) is 85.4 Å². The molecule has 8 amide bonds. The average Bonchev–Trinajstić information content (AvgIpc) is 1.65. The lowest BCUT2D eigenvalue weighted by Gasteiger charge is -2.21. The summed E-state index contributed by atoms with van der Waals surface area (Å²) in [6.07, 6.45) is 11.6. The van der Waals surface area contributed by atoms with Crippen LogP contribution in [0, 0.1) is 73.7 Å². The third-order valence-electron chi connectivity index (χ3n) is 17.4. The van der Waals surface area contributed by atoms with Crippen molar-refractivity contribution < 1.29 is 75.8 Å². The molecule has 3 atom stereocenters. The molecule has 6 heterocycles. The first-order chi connectivity index (χ1) is 50.3. The van der Waals surface area contributed by atoms with Crippen LogP contribution in [0.5, 0.6) is 0 Å². The summed E-state index contributed by atoms with van der Waals surface area (Å²) in [4.78, 5) is 156. The smallest absolute Gasteiger partial charge is 0.381 e. The number of anilines is 3.